The molecule has 1 aliphatic heterocycles. The average Bonchev–Trinajstić information content (AvgIpc) is 2.38. The number of likely N-dealkylation sites (tertiary alicyclic amines) is 1. The number of piperidine rings is 1. The number of carbonyl (C=O) groups is 2. The maximum atomic E-state index is 12.2. The third-order valence-electron chi connectivity index (χ3n) is 4.24. The maximum absolute atomic E-state index is 12.2. The normalized spacial score (nSPS) is 20.2. The first-order valence-electron chi connectivity index (χ1n) is 7.19. The molecule has 0 aromatic carbocycles. The minimum atomic E-state index is -0.779. The van der Waals surface area contributed by atoms with Crippen LogP contribution in [0.5, 0.6) is 0 Å². The number of hydrogen-bond donors (Lipinski definition) is 2. The lowest BCUT2D eigenvalue weighted by Crippen LogP contribution is -2.53. The number of hydrogen-bond acceptors (Lipinski definition) is 2. The fourth-order valence-electron chi connectivity index (χ4n) is 2.43. The first kappa shape index (κ1) is 15.8. The standard InChI is InChI=1S/C14H26N2O3/c1-4-14(3,5-2)15-13(19)16-8-6-7-11(10-16)9-12(17)18/h11H,4-10H2,1-3H3,(H,15,19)(H,17,18). The van der Waals surface area contributed by atoms with E-state index in [1.165, 1.54) is 0 Å². The highest BCUT2D eigenvalue weighted by Crippen LogP contribution is 2.21. The number of aliphatic carboxylic acids is 1. The molecule has 1 rings (SSSR count). The van der Waals surface area contributed by atoms with Gasteiger partial charge in [-0.05, 0) is 38.5 Å². The summed E-state index contributed by atoms with van der Waals surface area (Å²) >= 11 is 0. The number of nitrogens with zero attached hydrogens (tertiary/aromatic N) is 1. The van der Waals surface area contributed by atoms with Crippen molar-refractivity contribution in [1.82, 2.24) is 10.2 Å². The quantitative estimate of drug-likeness (QED) is 0.806. The zero-order chi connectivity index (χ0) is 14.5. The van der Waals surface area contributed by atoms with Gasteiger partial charge in [-0.15, -0.1) is 0 Å². The topological polar surface area (TPSA) is 69.6 Å². The average molecular weight is 270 g/mol. The highest BCUT2D eigenvalue weighted by atomic mass is 16.4. The number of carbonyl (C=O) groups excluding carboxylic acids is 1. The summed E-state index contributed by atoms with van der Waals surface area (Å²) in [6.45, 7) is 7.46. The molecular weight excluding hydrogens is 244 g/mol. The van der Waals surface area contributed by atoms with Crippen LogP contribution in [0.15, 0.2) is 0 Å². The van der Waals surface area contributed by atoms with Gasteiger partial charge in [0.1, 0.15) is 0 Å². The molecule has 2 amide bonds. The van der Waals surface area contributed by atoms with Gasteiger partial charge in [-0.1, -0.05) is 13.8 Å². The Bertz CT molecular complexity index is 327. The van der Waals surface area contributed by atoms with Gasteiger partial charge >= 0.3 is 12.0 Å². The number of urea groups is 1. The zero-order valence-corrected chi connectivity index (χ0v) is 12.2. The van der Waals surface area contributed by atoms with Gasteiger partial charge in [-0.3, -0.25) is 4.79 Å². The predicted molar refractivity (Wildman–Crippen MR) is 74.1 cm³/mol. The Morgan fingerprint density at radius 2 is 2.00 bits per heavy atom. The van der Waals surface area contributed by atoms with Gasteiger partial charge in [0.15, 0.2) is 0 Å². The molecule has 0 aliphatic carbocycles. The van der Waals surface area contributed by atoms with Crippen LogP contribution in [0.1, 0.15) is 52.9 Å². The zero-order valence-electron chi connectivity index (χ0n) is 12.2. The van der Waals surface area contributed by atoms with E-state index in [0.29, 0.717) is 6.54 Å². The van der Waals surface area contributed by atoms with E-state index in [2.05, 4.69) is 19.2 Å². The number of carboxylic acids is 1. The van der Waals surface area contributed by atoms with Crippen molar-refractivity contribution in [2.75, 3.05) is 13.1 Å². The molecule has 0 radical (unpaired) electrons. The van der Waals surface area contributed by atoms with Crippen molar-refractivity contribution >= 4 is 12.0 Å². The minimum absolute atomic E-state index is 0.0544. The Morgan fingerprint density at radius 3 is 2.53 bits per heavy atom. The van der Waals surface area contributed by atoms with Gasteiger partial charge in [-0.2, -0.15) is 0 Å². The van der Waals surface area contributed by atoms with E-state index in [9.17, 15) is 9.59 Å². The first-order valence-corrected chi connectivity index (χ1v) is 7.19. The van der Waals surface area contributed by atoms with Crippen LogP contribution in [0.4, 0.5) is 4.79 Å². The number of amides is 2. The first-order chi connectivity index (χ1) is 8.90. The van der Waals surface area contributed by atoms with Crippen molar-refractivity contribution in [3.8, 4) is 0 Å². The molecule has 5 heteroatoms. The molecule has 1 unspecified atom stereocenters. The van der Waals surface area contributed by atoms with Crippen LogP contribution < -0.4 is 5.32 Å². The summed E-state index contributed by atoms with van der Waals surface area (Å²) in [6, 6.07) is -0.0544. The summed E-state index contributed by atoms with van der Waals surface area (Å²) in [4.78, 5) is 24.7. The van der Waals surface area contributed by atoms with E-state index in [1.807, 2.05) is 6.92 Å². The summed E-state index contributed by atoms with van der Waals surface area (Å²) in [5.74, 6) is -0.689. The second kappa shape index (κ2) is 6.78. The van der Waals surface area contributed by atoms with Crippen molar-refractivity contribution in [3.63, 3.8) is 0 Å². The van der Waals surface area contributed by atoms with E-state index in [-0.39, 0.29) is 23.9 Å². The summed E-state index contributed by atoms with van der Waals surface area (Å²) in [6.07, 6.45) is 3.72. The second-order valence-corrected chi connectivity index (χ2v) is 5.75. The van der Waals surface area contributed by atoms with Crippen molar-refractivity contribution in [2.45, 2.75) is 58.4 Å². The molecule has 0 bridgehead atoms. The van der Waals surface area contributed by atoms with E-state index in [4.69, 9.17) is 5.11 Å². The van der Waals surface area contributed by atoms with E-state index in [0.717, 1.165) is 32.2 Å². The molecule has 0 saturated carbocycles. The summed E-state index contributed by atoms with van der Waals surface area (Å²) < 4.78 is 0. The lowest BCUT2D eigenvalue weighted by atomic mass is 9.94. The Labute approximate surface area is 115 Å². The molecule has 19 heavy (non-hydrogen) atoms. The molecule has 0 spiro atoms. The Hall–Kier alpha value is -1.26. The van der Waals surface area contributed by atoms with Crippen molar-refractivity contribution < 1.29 is 14.7 Å². The molecule has 2 N–H and O–H groups in total. The molecule has 0 aromatic heterocycles. The van der Waals surface area contributed by atoms with Gasteiger partial charge in [0.25, 0.3) is 0 Å². The van der Waals surface area contributed by atoms with Gasteiger partial charge in [-0.25, -0.2) is 4.79 Å². The minimum Gasteiger partial charge on any atom is -0.481 e. The largest absolute Gasteiger partial charge is 0.481 e. The molecule has 1 fully saturated rings. The molecule has 0 aromatic rings. The summed E-state index contributed by atoms with van der Waals surface area (Å²) in [7, 11) is 0. The van der Waals surface area contributed by atoms with Gasteiger partial charge in [0.05, 0.1) is 0 Å². The predicted octanol–water partition coefficient (Wildman–Crippen LogP) is 2.46. The van der Waals surface area contributed by atoms with Crippen LogP contribution in [0.2, 0.25) is 0 Å². The molecular formula is C14H26N2O3. The number of nitrogens with one attached hydrogen (secondary N) is 1. The van der Waals surface area contributed by atoms with Crippen molar-refractivity contribution in [2.24, 2.45) is 5.92 Å². The Morgan fingerprint density at radius 1 is 1.37 bits per heavy atom. The van der Waals surface area contributed by atoms with Crippen LogP contribution in [0.3, 0.4) is 0 Å². The monoisotopic (exact) mass is 270 g/mol. The van der Waals surface area contributed by atoms with E-state index >= 15 is 0 Å². The fraction of sp³-hybridized carbons (Fsp3) is 0.857. The van der Waals surface area contributed by atoms with Gasteiger partial charge in [0.2, 0.25) is 0 Å². The van der Waals surface area contributed by atoms with Crippen molar-refractivity contribution in [3.05, 3.63) is 0 Å². The van der Waals surface area contributed by atoms with Crippen LogP contribution >= 0.6 is 0 Å². The third kappa shape index (κ3) is 4.73. The molecule has 5 nitrogen and oxygen atoms in total. The number of carboxylic acid groups (broad SMARTS) is 1. The Kier molecular flexibility index (Phi) is 5.63. The lowest BCUT2D eigenvalue weighted by Gasteiger charge is -2.36. The lowest BCUT2D eigenvalue weighted by molar-refractivity contribution is -0.138. The highest BCUT2D eigenvalue weighted by Gasteiger charge is 2.29. The third-order valence-corrected chi connectivity index (χ3v) is 4.24. The fourth-order valence-corrected chi connectivity index (χ4v) is 2.43. The smallest absolute Gasteiger partial charge is 0.317 e. The molecule has 1 aliphatic rings. The van der Waals surface area contributed by atoms with Gasteiger partial charge < -0.3 is 15.3 Å². The molecule has 110 valence electrons. The molecule has 1 heterocycles. The van der Waals surface area contributed by atoms with E-state index < -0.39 is 5.97 Å². The SMILES string of the molecule is CCC(C)(CC)NC(=O)N1CCCC(CC(=O)O)C1. The van der Waals surface area contributed by atoms with Crippen LogP contribution in [-0.2, 0) is 4.79 Å². The van der Waals surface area contributed by atoms with Crippen LogP contribution in [-0.4, -0.2) is 40.6 Å². The number of rotatable bonds is 5. The van der Waals surface area contributed by atoms with Crippen LogP contribution in [0, 0.1) is 5.92 Å². The second-order valence-electron chi connectivity index (χ2n) is 5.75. The summed E-state index contributed by atoms with van der Waals surface area (Å²) in [5.41, 5.74) is -0.170. The van der Waals surface area contributed by atoms with Crippen LogP contribution in [0.25, 0.3) is 0 Å². The summed E-state index contributed by atoms with van der Waals surface area (Å²) in [5, 5.41) is 11.9. The molecule has 1 saturated heterocycles. The molecule has 1 atom stereocenters. The Balaban J connectivity index is 2.54. The highest BCUT2D eigenvalue weighted by molar-refractivity contribution is 5.75. The maximum Gasteiger partial charge on any atom is 0.317 e. The van der Waals surface area contributed by atoms with Crippen molar-refractivity contribution in [1.29, 1.82) is 0 Å². The van der Waals surface area contributed by atoms with Gasteiger partial charge in [0, 0.05) is 25.0 Å². The van der Waals surface area contributed by atoms with E-state index in [1.54, 1.807) is 4.90 Å².